The summed E-state index contributed by atoms with van der Waals surface area (Å²) in [6.45, 7) is 3.30. The van der Waals surface area contributed by atoms with E-state index in [1.54, 1.807) is 0 Å². The Hall–Kier alpha value is -1.39. The minimum atomic E-state index is 0.0754. The van der Waals surface area contributed by atoms with Gasteiger partial charge in [0.2, 0.25) is 5.91 Å². The second kappa shape index (κ2) is 8.02. The molecule has 0 spiro atoms. The third kappa shape index (κ3) is 5.31. The molecule has 2 N–H and O–H groups in total. The number of rotatable bonds is 5. The summed E-state index contributed by atoms with van der Waals surface area (Å²) in [6, 6.07) is 10.5. The van der Waals surface area contributed by atoms with Crippen molar-refractivity contribution in [2.45, 2.75) is 31.8 Å². The highest BCUT2D eigenvalue weighted by molar-refractivity contribution is 5.78. The molecule has 20 heavy (non-hydrogen) atoms. The molecule has 1 aromatic carbocycles. The normalized spacial score (nSPS) is 20.4. The number of carbonyl (C=O) groups excluding carboxylic acids is 1. The maximum Gasteiger partial charge on any atom is 0.234 e. The van der Waals surface area contributed by atoms with Crippen LogP contribution in [0.1, 0.15) is 24.8 Å². The third-order valence-electron chi connectivity index (χ3n) is 3.84. The van der Waals surface area contributed by atoms with Crippen molar-refractivity contribution in [2.24, 2.45) is 0 Å². The van der Waals surface area contributed by atoms with Crippen LogP contribution in [-0.4, -0.2) is 43.5 Å². The summed E-state index contributed by atoms with van der Waals surface area (Å²) in [5.41, 5.74) is 1.14. The van der Waals surface area contributed by atoms with Crippen LogP contribution in [-0.2, 0) is 11.3 Å². The quantitative estimate of drug-likeness (QED) is 0.853. The predicted molar refractivity (Wildman–Crippen MR) is 81.4 cm³/mol. The molecular weight excluding hydrogens is 250 g/mol. The maximum absolute atomic E-state index is 11.8. The van der Waals surface area contributed by atoms with Crippen LogP contribution in [0.4, 0.5) is 0 Å². The molecule has 1 amide bonds. The van der Waals surface area contributed by atoms with Gasteiger partial charge in [0.25, 0.3) is 0 Å². The number of benzene rings is 1. The lowest BCUT2D eigenvalue weighted by atomic mass is 10.1. The Morgan fingerprint density at radius 2 is 2.05 bits per heavy atom. The predicted octanol–water partition coefficient (Wildman–Crippen LogP) is 1.38. The summed E-state index contributed by atoms with van der Waals surface area (Å²) in [4.78, 5) is 14.2. The van der Waals surface area contributed by atoms with Crippen LogP contribution in [0.25, 0.3) is 0 Å². The first-order valence-electron chi connectivity index (χ1n) is 7.46. The van der Waals surface area contributed by atoms with Gasteiger partial charge in [-0.3, -0.25) is 4.79 Å². The smallest absolute Gasteiger partial charge is 0.234 e. The SMILES string of the molecule is CN1CCCC(NCC(=O)NCc2ccccc2)CC1. The van der Waals surface area contributed by atoms with Gasteiger partial charge in [0.05, 0.1) is 6.54 Å². The van der Waals surface area contributed by atoms with Gasteiger partial charge in [0, 0.05) is 12.6 Å². The molecule has 1 unspecified atom stereocenters. The van der Waals surface area contributed by atoms with Gasteiger partial charge in [0.1, 0.15) is 0 Å². The average molecular weight is 275 g/mol. The van der Waals surface area contributed by atoms with E-state index in [9.17, 15) is 4.79 Å². The maximum atomic E-state index is 11.8. The topological polar surface area (TPSA) is 44.4 Å². The number of carbonyl (C=O) groups is 1. The van der Waals surface area contributed by atoms with E-state index < -0.39 is 0 Å². The van der Waals surface area contributed by atoms with E-state index in [1.807, 2.05) is 30.3 Å². The molecule has 1 saturated heterocycles. The lowest BCUT2D eigenvalue weighted by Crippen LogP contribution is -2.39. The second-order valence-electron chi connectivity index (χ2n) is 5.57. The van der Waals surface area contributed by atoms with Crippen LogP contribution in [0, 0.1) is 0 Å². The van der Waals surface area contributed by atoms with E-state index >= 15 is 0 Å². The molecule has 1 aromatic rings. The molecule has 1 atom stereocenters. The zero-order chi connectivity index (χ0) is 14.2. The fraction of sp³-hybridized carbons (Fsp3) is 0.562. The van der Waals surface area contributed by atoms with Crippen molar-refractivity contribution in [1.29, 1.82) is 0 Å². The van der Waals surface area contributed by atoms with Crippen LogP contribution in [0.2, 0.25) is 0 Å². The number of hydrogen-bond acceptors (Lipinski definition) is 3. The van der Waals surface area contributed by atoms with Crippen molar-refractivity contribution in [1.82, 2.24) is 15.5 Å². The minimum absolute atomic E-state index is 0.0754. The Morgan fingerprint density at radius 1 is 1.25 bits per heavy atom. The molecule has 1 fully saturated rings. The second-order valence-corrected chi connectivity index (χ2v) is 5.57. The van der Waals surface area contributed by atoms with E-state index in [4.69, 9.17) is 0 Å². The zero-order valence-corrected chi connectivity index (χ0v) is 12.3. The summed E-state index contributed by atoms with van der Waals surface area (Å²) in [6.07, 6.45) is 3.50. The molecular formula is C16H25N3O. The number of nitrogens with zero attached hydrogens (tertiary/aromatic N) is 1. The Bertz CT molecular complexity index is 407. The summed E-state index contributed by atoms with van der Waals surface area (Å²) in [5, 5.41) is 6.33. The van der Waals surface area contributed by atoms with Crippen molar-refractivity contribution < 1.29 is 4.79 Å². The summed E-state index contributed by atoms with van der Waals surface area (Å²) >= 11 is 0. The van der Waals surface area contributed by atoms with Crippen LogP contribution < -0.4 is 10.6 Å². The lowest BCUT2D eigenvalue weighted by Gasteiger charge is -2.16. The van der Waals surface area contributed by atoms with E-state index in [-0.39, 0.29) is 5.91 Å². The molecule has 4 nitrogen and oxygen atoms in total. The van der Waals surface area contributed by atoms with E-state index in [0.29, 0.717) is 19.1 Å². The molecule has 110 valence electrons. The first-order chi connectivity index (χ1) is 9.74. The largest absolute Gasteiger partial charge is 0.351 e. The molecule has 1 aliphatic heterocycles. The highest BCUT2D eigenvalue weighted by Gasteiger charge is 2.15. The number of hydrogen-bond donors (Lipinski definition) is 2. The average Bonchev–Trinajstić information content (AvgIpc) is 2.68. The van der Waals surface area contributed by atoms with E-state index in [1.165, 1.54) is 13.0 Å². The van der Waals surface area contributed by atoms with Gasteiger partial charge in [0.15, 0.2) is 0 Å². The Kier molecular flexibility index (Phi) is 6.02. The molecule has 4 heteroatoms. The monoisotopic (exact) mass is 275 g/mol. The van der Waals surface area contributed by atoms with E-state index in [2.05, 4.69) is 22.6 Å². The molecule has 0 radical (unpaired) electrons. The van der Waals surface area contributed by atoms with Crippen molar-refractivity contribution in [3.8, 4) is 0 Å². The Morgan fingerprint density at radius 3 is 2.85 bits per heavy atom. The van der Waals surface area contributed by atoms with Gasteiger partial charge < -0.3 is 15.5 Å². The standard InChI is InChI=1S/C16H25N3O/c1-19-10-5-8-15(9-11-19)17-13-16(20)18-12-14-6-3-2-4-7-14/h2-4,6-7,15,17H,5,8-13H2,1H3,(H,18,20). The summed E-state index contributed by atoms with van der Waals surface area (Å²) in [7, 11) is 2.16. The zero-order valence-electron chi connectivity index (χ0n) is 12.3. The highest BCUT2D eigenvalue weighted by Crippen LogP contribution is 2.09. The van der Waals surface area contributed by atoms with Crippen molar-refractivity contribution in [3.63, 3.8) is 0 Å². The van der Waals surface area contributed by atoms with E-state index in [0.717, 1.165) is 24.9 Å². The number of amides is 1. The fourth-order valence-electron chi connectivity index (χ4n) is 2.54. The molecule has 0 bridgehead atoms. The molecule has 1 aliphatic rings. The van der Waals surface area contributed by atoms with Crippen molar-refractivity contribution in [3.05, 3.63) is 35.9 Å². The van der Waals surface area contributed by atoms with Gasteiger partial charge in [-0.15, -0.1) is 0 Å². The highest BCUT2D eigenvalue weighted by atomic mass is 16.1. The summed E-state index contributed by atoms with van der Waals surface area (Å²) < 4.78 is 0. The summed E-state index contributed by atoms with van der Waals surface area (Å²) in [5.74, 6) is 0.0754. The number of nitrogens with one attached hydrogen (secondary N) is 2. The van der Waals surface area contributed by atoms with Gasteiger partial charge in [-0.05, 0) is 45.0 Å². The molecule has 1 heterocycles. The third-order valence-corrected chi connectivity index (χ3v) is 3.84. The molecule has 2 rings (SSSR count). The molecule has 0 aliphatic carbocycles. The Balaban J connectivity index is 1.64. The minimum Gasteiger partial charge on any atom is -0.351 e. The fourth-order valence-corrected chi connectivity index (χ4v) is 2.54. The van der Waals surface area contributed by atoms with Crippen LogP contribution in [0.5, 0.6) is 0 Å². The van der Waals surface area contributed by atoms with Crippen LogP contribution in [0.15, 0.2) is 30.3 Å². The number of likely N-dealkylation sites (tertiary alicyclic amines) is 1. The van der Waals surface area contributed by atoms with Crippen molar-refractivity contribution in [2.75, 3.05) is 26.7 Å². The Labute approximate surface area is 121 Å². The molecule has 0 aromatic heterocycles. The molecule has 0 saturated carbocycles. The first kappa shape index (κ1) is 15.0. The van der Waals surface area contributed by atoms with Gasteiger partial charge >= 0.3 is 0 Å². The van der Waals surface area contributed by atoms with Crippen molar-refractivity contribution >= 4 is 5.91 Å². The van der Waals surface area contributed by atoms with Gasteiger partial charge in [-0.2, -0.15) is 0 Å². The van der Waals surface area contributed by atoms with Crippen LogP contribution >= 0.6 is 0 Å². The van der Waals surface area contributed by atoms with Gasteiger partial charge in [-0.1, -0.05) is 30.3 Å². The van der Waals surface area contributed by atoms with Gasteiger partial charge in [-0.25, -0.2) is 0 Å². The first-order valence-corrected chi connectivity index (χ1v) is 7.46. The van der Waals surface area contributed by atoms with Crippen LogP contribution in [0.3, 0.4) is 0 Å². The lowest BCUT2D eigenvalue weighted by molar-refractivity contribution is -0.120.